The average molecular weight is 416 g/mol. The summed E-state index contributed by atoms with van der Waals surface area (Å²) in [7, 11) is 1.27. The third-order valence-corrected chi connectivity index (χ3v) is 4.17. The van der Waals surface area contributed by atoms with Crippen LogP contribution in [0.4, 0.5) is 5.69 Å². The Kier molecular flexibility index (Phi) is 6.75. The first kappa shape index (κ1) is 20.4. The molecule has 2 rings (SSSR count). The molecule has 0 bridgehead atoms. The van der Waals surface area contributed by atoms with Crippen LogP contribution in [-0.4, -0.2) is 28.9 Å². The van der Waals surface area contributed by atoms with E-state index in [1.165, 1.54) is 7.11 Å². The molecule has 0 aromatic heterocycles. The van der Waals surface area contributed by atoms with E-state index in [2.05, 4.69) is 10.6 Å². The molecule has 0 fully saturated rings. The number of anilines is 1. The number of ether oxygens (including phenoxy) is 1. The highest BCUT2D eigenvalue weighted by molar-refractivity contribution is 6.68. The van der Waals surface area contributed by atoms with E-state index in [4.69, 9.17) is 39.5 Å². The van der Waals surface area contributed by atoms with Crippen LogP contribution < -0.4 is 10.6 Å². The number of carbonyl (C=O) groups is 2. The van der Waals surface area contributed by atoms with E-state index in [1.807, 2.05) is 13.0 Å². The van der Waals surface area contributed by atoms with Crippen molar-refractivity contribution in [3.05, 3.63) is 65.2 Å². The van der Waals surface area contributed by atoms with Crippen LogP contribution >= 0.6 is 34.8 Å². The molecule has 0 unspecified atom stereocenters. The second-order valence-corrected chi connectivity index (χ2v) is 7.87. The fraction of sp³-hybridized carbons (Fsp3) is 0.222. The van der Waals surface area contributed by atoms with Crippen LogP contribution in [0.2, 0.25) is 0 Å². The fourth-order valence-electron chi connectivity index (χ4n) is 2.25. The summed E-state index contributed by atoms with van der Waals surface area (Å²) in [5, 5.41) is 5.52. The second-order valence-electron chi connectivity index (χ2n) is 5.50. The van der Waals surface area contributed by atoms with Crippen LogP contribution in [0.1, 0.15) is 26.3 Å². The highest BCUT2D eigenvalue weighted by atomic mass is 35.6. The summed E-state index contributed by atoms with van der Waals surface area (Å²) >= 11 is 18.0. The van der Waals surface area contributed by atoms with Crippen LogP contribution in [0.25, 0.3) is 0 Å². The molecule has 2 aromatic carbocycles. The zero-order valence-electron chi connectivity index (χ0n) is 14.1. The van der Waals surface area contributed by atoms with Gasteiger partial charge in [0.25, 0.3) is 5.91 Å². The van der Waals surface area contributed by atoms with Crippen molar-refractivity contribution < 1.29 is 14.3 Å². The van der Waals surface area contributed by atoms with Crippen LogP contribution in [-0.2, 0) is 4.74 Å². The van der Waals surface area contributed by atoms with Gasteiger partial charge in [-0.15, -0.1) is 0 Å². The van der Waals surface area contributed by atoms with Gasteiger partial charge in [-0.3, -0.25) is 4.79 Å². The van der Waals surface area contributed by atoms with Gasteiger partial charge in [-0.05, 0) is 31.2 Å². The number of amides is 1. The van der Waals surface area contributed by atoms with Crippen molar-refractivity contribution in [3.63, 3.8) is 0 Å². The zero-order valence-corrected chi connectivity index (χ0v) is 16.3. The van der Waals surface area contributed by atoms with E-state index in [0.29, 0.717) is 11.3 Å². The van der Waals surface area contributed by atoms with Gasteiger partial charge >= 0.3 is 5.97 Å². The molecule has 1 amide bonds. The molecule has 0 radical (unpaired) electrons. The number of aryl methyl sites for hydroxylation is 1. The molecular weight excluding hydrogens is 399 g/mol. The normalized spacial score (nSPS) is 12.2. The summed E-state index contributed by atoms with van der Waals surface area (Å²) in [6.45, 7) is 1.87. The summed E-state index contributed by atoms with van der Waals surface area (Å²) in [5.74, 6) is -0.978. The van der Waals surface area contributed by atoms with Gasteiger partial charge in [-0.25, -0.2) is 4.79 Å². The molecule has 2 N–H and O–H groups in total. The minimum absolute atomic E-state index is 0.249. The lowest BCUT2D eigenvalue weighted by atomic mass is 10.1. The number of alkyl halides is 3. The molecule has 8 heteroatoms. The first-order chi connectivity index (χ1) is 12.2. The Morgan fingerprint density at radius 2 is 1.77 bits per heavy atom. The summed E-state index contributed by atoms with van der Waals surface area (Å²) in [5.41, 5.74) is 1.96. The predicted octanol–water partition coefficient (Wildman–Crippen LogP) is 4.32. The quantitative estimate of drug-likeness (QED) is 0.433. The van der Waals surface area contributed by atoms with Crippen molar-refractivity contribution in [2.45, 2.75) is 16.9 Å². The van der Waals surface area contributed by atoms with Gasteiger partial charge in [-0.1, -0.05) is 64.6 Å². The van der Waals surface area contributed by atoms with Gasteiger partial charge in [-0.2, -0.15) is 0 Å². The Hall–Kier alpha value is -1.95. The van der Waals surface area contributed by atoms with Gasteiger partial charge in [0.15, 0.2) is 0 Å². The first-order valence-electron chi connectivity index (χ1n) is 7.60. The summed E-state index contributed by atoms with van der Waals surface area (Å²) in [4.78, 5) is 24.4. The highest BCUT2D eigenvalue weighted by Gasteiger charge is 2.35. The van der Waals surface area contributed by atoms with Crippen LogP contribution in [0.15, 0.2) is 48.5 Å². The van der Waals surface area contributed by atoms with Crippen molar-refractivity contribution in [2.75, 3.05) is 12.4 Å². The minimum atomic E-state index is -1.87. The van der Waals surface area contributed by atoms with Crippen molar-refractivity contribution in [1.82, 2.24) is 5.32 Å². The van der Waals surface area contributed by atoms with E-state index in [-0.39, 0.29) is 5.56 Å². The van der Waals surface area contributed by atoms with Crippen LogP contribution in [0.3, 0.4) is 0 Å². The number of carbonyl (C=O) groups excluding carboxylic acids is 2. The van der Waals surface area contributed by atoms with Crippen molar-refractivity contribution in [1.29, 1.82) is 0 Å². The number of esters is 1. The number of nitrogens with one attached hydrogen (secondary N) is 2. The number of rotatable bonds is 5. The lowest BCUT2D eigenvalue weighted by Gasteiger charge is -2.28. The fourth-order valence-corrected chi connectivity index (χ4v) is 2.58. The van der Waals surface area contributed by atoms with Crippen molar-refractivity contribution >= 4 is 52.4 Å². The summed E-state index contributed by atoms with van der Waals surface area (Å²) in [6, 6.07) is 13.6. The molecule has 0 heterocycles. The first-order valence-corrected chi connectivity index (χ1v) is 8.74. The summed E-state index contributed by atoms with van der Waals surface area (Å²) in [6.07, 6.45) is -1.09. The molecule has 0 saturated heterocycles. The van der Waals surface area contributed by atoms with Crippen molar-refractivity contribution in [2.24, 2.45) is 0 Å². The standard InChI is InChI=1S/C18H17Cl3N2O3/c1-11-6-5-7-12(10-11)15(24)23-17(18(19,20)21)22-14-9-4-3-8-13(14)16(25)26-2/h3-10,17,22H,1-2H3,(H,23,24)/t17-/m0/s1. The largest absolute Gasteiger partial charge is 0.465 e. The lowest BCUT2D eigenvalue weighted by molar-refractivity contribution is 0.0601. The Bertz CT molecular complexity index is 806. The summed E-state index contributed by atoms with van der Waals surface area (Å²) < 4.78 is 2.87. The van der Waals surface area contributed by atoms with Gasteiger partial charge in [0.2, 0.25) is 3.79 Å². The molecule has 0 aliphatic rings. The molecule has 2 aromatic rings. The average Bonchev–Trinajstić information content (AvgIpc) is 2.60. The molecule has 0 aliphatic carbocycles. The molecule has 1 atom stereocenters. The smallest absolute Gasteiger partial charge is 0.339 e. The van der Waals surface area contributed by atoms with E-state index < -0.39 is 21.8 Å². The van der Waals surface area contributed by atoms with E-state index in [9.17, 15) is 9.59 Å². The number of hydrogen-bond donors (Lipinski definition) is 2. The molecule has 26 heavy (non-hydrogen) atoms. The number of benzene rings is 2. The number of halogens is 3. The number of para-hydroxylation sites is 1. The topological polar surface area (TPSA) is 67.4 Å². The zero-order chi connectivity index (χ0) is 19.3. The molecule has 138 valence electrons. The van der Waals surface area contributed by atoms with E-state index in [0.717, 1.165) is 5.56 Å². The Balaban J connectivity index is 2.27. The van der Waals surface area contributed by atoms with E-state index in [1.54, 1.807) is 42.5 Å². The van der Waals surface area contributed by atoms with Crippen LogP contribution in [0.5, 0.6) is 0 Å². The minimum Gasteiger partial charge on any atom is -0.465 e. The van der Waals surface area contributed by atoms with Crippen molar-refractivity contribution in [3.8, 4) is 0 Å². The highest BCUT2D eigenvalue weighted by Crippen LogP contribution is 2.32. The monoisotopic (exact) mass is 414 g/mol. The maximum absolute atomic E-state index is 12.5. The van der Waals surface area contributed by atoms with Gasteiger partial charge < -0.3 is 15.4 Å². The Labute approximate surface area is 166 Å². The maximum Gasteiger partial charge on any atom is 0.339 e. The molecular formula is C18H17Cl3N2O3. The molecule has 0 aliphatic heterocycles. The predicted molar refractivity (Wildman–Crippen MR) is 104 cm³/mol. The molecule has 0 saturated carbocycles. The number of methoxy groups -OCH3 is 1. The number of hydrogen-bond acceptors (Lipinski definition) is 4. The second kappa shape index (κ2) is 8.62. The molecule has 0 spiro atoms. The lowest BCUT2D eigenvalue weighted by Crippen LogP contribution is -2.49. The third kappa shape index (κ3) is 5.27. The maximum atomic E-state index is 12.5. The van der Waals surface area contributed by atoms with Gasteiger partial charge in [0.05, 0.1) is 18.4 Å². The third-order valence-electron chi connectivity index (χ3n) is 3.52. The Morgan fingerprint density at radius 3 is 2.38 bits per heavy atom. The molecule has 5 nitrogen and oxygen atoms in total. The Morgan fingerprint density at radius 1 is 1.08 bits per heavy atom. The van der Waals surface area contributed by atoms with Gasteiger partial charge in [0.1, 0.15) is 6.17 Å². The van der Waals surface area contributed by atoms with E-state index >= 15 is 0 Å². The van der Waals surface area contributed by atoms with Crippen LogP contribution in [0, 0.1) is 6.92 Å². The van der Waals surface area contributed by atoms with Gasteiger partial charge in [0, 0.05) is 5.56 Å². The SMILES string of the molecule is COC(=O)c1ccccc1N[C@@H](NC(=O)c1cccc(C)c1)C(Cl)(Cl)Cl.